The van der Waals surface area contributed by atoms with Gasteiger partial charge in [0, 0.05) is 17.3 Å². The number of nitrogens with zero attached hydrogens (tertiary/aromatic N) is 6. The second kappa shape index (κ2) is 9.73. The van der Waals surface area contributed by atoms with E-state index < -0.39 is 0 Å². The van der Waals surface area contributed by atoms with Crippen LogP contribution >= 0.6 is 23.2 Å². The van der Waals surface area contributed by atoms with Crippen LogP contribution < -0.4 is 15.6 Å². The van der Waals surface area contributed by atoms with E-state index in [0.29, 0.717) is 46.7 Å². The molecule has 35 heavy (non-hydrogen) atoms. The van der Waals surface area contributed by atoms with Crippen LogP contribution in [0.1, 0.15) is 12.5 Å². The molecule has 0 unspecified atom stereocenters. The number of hydrogen-bond donors (Lipinski definition) is 1. The highest BCUT2D eigenvalue weighted by atomic mass is 35.5. The van der Waals surface area contributed by atoms with E-state index in [4.69, 9.17) is 27.9 Å². The molecule has 0 amide bonds. The van der Waals surface area contributed by atoms with Gasteiger partial charge in [0.15, 0.2) is 16.9 Å². The Labute approximate surface area is 210 Å². The van der Waals surface area contributed by atoms with Gasteiger partial charge in [0.05, 0.1) is 25.3 Å². The third-order valence-electron chi connectivity index (χ3n) is 5.28. The first-order valence-electron chi connectivity index (χ1n) is 10.7. The van der Waals surface area contributed by atoms with Crippen molar-refractivity contribution in [1.29, 1.82) is 0 Å². The number of halogens is 2. The maximum Gasteiger partial charge on any atom is 0.300 e. The molecule has 5 rings (SSSR count). The molecule has 0 aliphatic carbocycles. The highest BCUT2D eigenvalue weighted by Crippen LogP contribution is 2.25. The largest absolute Gasteiger partial charge is 0.454 e. The lowest BCUT2D eigenvalue weighted by Crippen LogP contribution is -2.20. The van der Waals surface area contributed by atoms with Crippen LogP contribution in [0.5, 0.6) is 11.5 Å². The van der Waals surface area contributed by atoms with Gasteiger partial charge in [0.25, 0.3) is 0 Å². The van der Waals surface area contributed by atoms with Gasteiger partial charge in [-0.25, -0.2) is 15.0 Å². The molecular formula is C24H19Cl2N7O2. The summed E-state index contributed by atoms with van der Waals surface area (Å²) in [4.78, 5) is 29.5. The Morgan fingerprint density at radius 2 is 1.66 bits per heavy atom. The maximum absolute atomic E-state index is 12.9. The van der Waals surface area contributed by atoms with Crippen molar-refractivity contribution in [3.05, 3.63) is 93.5 Å². The fourth-order valence-corrected chi connectivity index (χ4v) is 3.80. The van der Waals surface area contributed by atoms with Crippen molar-refractivity contribution >= 4 is 46.0 Å². The lowest BCUT2D eigenvalue weighted by Gasteiger charge is -2.15. The molecule has 9 nitrogen and oxygen atoms in total. The molecule has 3 heterocycles. The van der Waals surface area contributed by atoms with Crippen LogP contribution in [-0.4, -0.2) is 29.1 Å². The number of nitrogens with one attached hydrogen (secondary N) is 1. The molecule has 2 aromatic carbocycles. The van der Waals surface area contributed by atoms with Gasteiger partial charge in [-0.15, -0.1) is 0 Å². The van der Waals surface area contributed by atoms with Crippen LogP contribution in [0.3, 0.4) is 0 Å². The lowest BCUT2D eigenvalue weighted by atomic mass is 10.2. The smallest absolute Gasteiger partial charge is 0.300 e. The highest BCUT2D eigenvalue weighted by molar-refractivity contribution is 6.30. The average Bonchev–Trinajstić information content (AvgIpc) is 3.30. The maximum atomic E-state index is 12.9. The van der Waals surface area contributed by atoms with Crippen LogP contribution in [0.2, 0.25) is 10.3 Å². The van der Waals surface area contributed by atoms with E-state index in [1.54, 1.807) is 23.0 Å². The number of rotatable bonds is 7. The number of imidazole rings is 1. The van der Waals surface area contributed by atoms with Crippen LogP contribution in [0.15, 0.2) is 72.0 Å². The first-order valence-corrected chi connectivity index (χ1v) is 11.5. The standard InChI is InChI=1S/C24H19Cl2N7O2/c1-2-32-14-29-21-20(32)22(34)31-24(33(21)13-15-3-5-16(25)6-4-15)30-17-7-9-18(10-8-17)35-19-11-27-23(26)28-12-19/h3-12,14H,2,13H2,1H3,(H,30,31,34). The summed E-state index contributed by atoms with van der Waals surface area (Å²) in [6.07, 6.45) is 4.64. The SMILES string of the molecule is CCn1cnc2c1c(=O)nc(Nc1ccc(Oc3cnc(Cl)nc3)cc1)n2Cc1ccc(Cl)cc1. The molecule has 0 aliphatic heterocycles. The van der Waals surface area contributed by atoms with Gasteiger partial charge >= 0.3 is 5.56 Å². The second-order valence-corrected chi connectivity index (χ2v) is 8.37. The highest BCUT2D eigenvalue weighted by Gasteiger charge is 2.16. The summed E-state index contributed by atoms with van der Waals surface area (Å²) < 4.78 is 9.40. The molecule has 0 fully saturated rings. The van der Waals surface area contributed by atoms with Gasteiger partial charge in [0.2, 0.25) is 11.2 Å². The minimum absolute atomic E-state index is 0.148. The first kappa shape index (κ1) is 22.8. The van der Waals surface area contributed by atoms with Gasteiger partial charge in [0.1, 0.15) is 5.75 Å². The molecule has 0 atom stereocenters. The normalized spacial score (nSPS) is 11.1. The zero-order chi connectivity index (χ0) is 24.4. The number of fused-ring (bicyclic) bond motifs is 1. The monoisotopic (exact) mass is 507 g/mol. The Hall–Kier alpha value is -3.95. The summed E-state index contributed by atoms with van der Waals surface area (Å²) in [5.74, 6) is 1.43. The van der Waals surface area contributed by atoms with Gasteiger partial charge < -0.3 is 14.6 Å². The first-order chi connectivity index (χ1) is 17.0. The number of ether oxygens (including phenoxy) is 1. The quantitative estimate of drug-likeness (QED) is 0.298. The Kier molecular flexibility index (Phi) is 6.35. The van der Waals surface area contributed by atoms with Gasteiger partial charge in [-0.3, -0.25) is 9.36 Å². The summed E-state index contributed by atoms with van der Waals surface area (Å²) in [5, 5.41) is 4.04. The Balaban J connectivity index is 1.47. The van der Waals surface area contributed by atoms with Crippen molar-refractivity contribution in [3.63, 3.8) is 0 Å². The third-order valence-corrected chi connectivity index (χ3v) is 5.72. The molecular weight excluding hydrogens is 489 g/mol. The molecule has 0 saturated carbocycles. The summed E-state index contributed by atoms with van der Waals surface area (Å²) in [6.45, 7) is 3.01. The van der Waals surface area contributed by atoms with Crippen molar-refractivity contribution in [2.45, 2.75) is 20.0 Å². The Morgan fingerprint density at radius 1 is 0.943 bits per heavy atom. The minimum atomic E-state index is -0.350. The molecule has 176 valence electrons. The van der Waals surface area contributed by atoms with Crippen LogP contribution in [0, 0.1) is 0 Å². The van der Waals surface area contributed by atoms with Crippen molar-refractivity contribution in [3.8, 4) is 11.5 Å². The van der Waals surface area contributed by atoms with E-state index in [0.717, 1.165) is 11.3 Å². The summed E-state index contributed by atoms with van der Waals surface area (Å²) in [6, 6.07) is 14.7. The average molecular weight is 508 g/mol. The van der Waals surface area contributed by atoms with Crippen LogP contribution in [-0.2, 0) is 13.1 Å². The number of benzene rings is 2. The molecule has 11 heteroatoms. The fraction of sp³-hybridized carbons (Fsp3) is 0.125. The number of aromatic nitrogens is 6. The van der Waals surface area contributed by atoms with Gasteiger partial charge in [-0.1, -0.05) is 23.7 Å². The minimum Gasteiger partial charge on any atom is -0.454 e. The number of anilines is 2. The summed E-state index contributed by atoms with van der Waals surface area (Å²) >= 11 is 11.8. The summed E-state index contributed by atoms with van der Waals surface area (Å²) in [5.41, 5.74) is 2.37. The lowest BCUT2D eigenvalue weighted by molar-refractivity contribution is 0.477. The molecule has 3 aromatic heterocycles. The third kappa shape index (κ3) is 4.96. The molecule has 0 spiro atoms. The van der Waals surface area contributed by atoms with E-state index in [1.165, 1.54) is 12.4 Å². The van der Waals surface area contributed by atoms with Crippen molar-refractivity contribution in [1.82, 2.24) is 29.1 Å². The van der Waals surface area contributed by atoms with Crippen molar-refractivity contribution < 1.29 is 4.74 Å². The van der Waals surface area contributed by atoms with E-state index in [1.807, 2.05) is 47.9 Å². The van der Waals surface area contributed by atoms with Crippen molar-refractivity contribution in [2.24, 2.45) is 0 Å². The molecule has 0 radical (unpaired) electrons. The molecule has 1 N–H and O–H groups in total. The zero-order valence-electron chi connectivity index (χ0n) is 18.5. The van der Waals surface area contributed by atoms with E-state index in [9.17, 15) is 4.79 Å². The fourth-order valence-electron chi connectivity index (χ4n) is 3.58. The summed E-state index contributed by atoms with van der Waals surface area (Å²) in [7, 11) is 0. The van der Waals surface area contributed by atoms with E-state index in [-0.39, 0.29) is 10.8 Å². The Morgan fingerprint density at radius 3 is 2.34 bits per heavy atom. The van der Waals surface area contributed by atoms with Crippen LogP contribution in [0.4, 0.5) is 11.6 Å². The molecule has 0 aliphatic rings. The van der Waals surface area contributed by atoms with Crippen molar-refractivity contribution in [2.75, 3.05) is 5.32 Å². The number of aryl methyl sites for hydroxylation is 1. The molecule has 0 saturated heterocycles. The van der Waals surface area contributed by atoms with Crippen LogP contribution in [0.25, 0.3) is 11.2 Å². The van der Waals surface area contributed by atoms with Gasteiger partial charge in [-0.05, 0) is 60.5 Å². The number of hydrogen-bond acceptors (Lipinski definition) is 7. The molecule has 5 aromatic rings. The predicted octanol–water partition coefficient (Wildman–Crippen LogP) is 5.29. The Bertz CT molecular complexity index is 1530. The van der Waals surface area contributed by atoms with E-state index in [2.05, 4.69) is 25.3 Å². The predicted molar refractivity (Wildman–Crippen MR) is 135 cm³/mol. The van der Waals surface area contributed by atoms with Gasteiger partial charge in [-0.2, -0.15) is 4.98 Å². The molecule has 0 bridgehead atoms. The second-order valence-electron chi connectivity index (χ2n) is 7.60. The topological polar surface area (TPSA) is 99.8 Å². The van der Waals surface area contributed by atoms with E-state index >= 15 is 0 Å². The zero-order valence-corrected chi connectivity index (χ0v) is 20.0.